The molecule has 4 rings (SSSR count). The first-order valence-electron chi connectivity index (χ1n) is 12.1. The fraction of sp³-hybridized carbons (Fsp3) is 0.458. The molecular weight excluding hydrogens is 545 g/mol. The number of likely N-dealkylation sites (tertiary alicyclic amines) is 1. The van der Waals surface area contributed by atoms with Crippen molar-refractivity contribution < 1.29 is 31.5 Å². The van der Waals surface area contributed by atoms with Crippen molar-refractivity contribution in [2.24, 2.45) is 5.92 Å². The highest BCUT2D eigenvalue weighted by atomic mass is 32.1. The average Bonchev–Trinajstić information content (AvgIpc) is 3.23. The molecule has 1 atom stereocenters. The van der Waals surface area contributed by atoms with E-state index < -0.39 is 29.6 Å². The largest absolute Gasteiger partial charge is 0.477 e. The molecule has 0 aliphatic carbocycles. The number of halogens is 5. The van der Waals surface area contributed by atoms with E-state index in [2.05, 4.69) is 30.0 Å². The number of nitrogens with zero attached hydrogens (tertiary/aromatic N) is 5. The minimum absolute atomic E-state index is 0.00508. The van der Waals surface area contributed by atoms with Crippen molar-refractivity contribution in [2.75, 3.05) is 36.9 Å². The van der Waals surface area contributed by atoms with E-state index in [1.54, 1.807) is 11.8 Å². The number of carbonyl (C=O) groups is 1. The van der Waals surface area contributed by atoms with Crippen LogP contribution in [0, 0.1) is 12.8 Å². The van der Waals surface area contributed by atoms with Gasteiger partial charge in [0.05, 0.1) is 54.6 Å². The van der Waals surface area contributed by atoms with Crippen molar-refractivity contribution in [3.8, 4) is 5.88 Å². The second kappa shape index (κ2) is 11.7. The van der Waals surface area contributed by atoms with Crippen LogP contribution in [0.2, 0.25) is 0 Å². The minimum Gasteiger partial charge on any atom is -0.477 e. The van der Waals surface area contributed by atoms with Crippen molar-refractivity contribution in [3.63, 3.8) is 0 Å². The molecule has 1 saturated heterocycles. The Bertz CT molecular complexity index is 1270. The number of ether oxygens (including phenoxy) is 1. The van der Waals surface area contributed by atoms with E-state index in [-0.39, 0.29) is 35.4 Å². The van der Waals surface area contributed by atoms with Crippen molar-refractivity contribution in [1.29, 1.82) is 0 Å². The summed E-state index contributed by atoms with van der Waals surface area (Å²) in [5, 5.41) is 5.69. The van der Waals surface area contributed by atoms with E-state index in [9.17, 15) is 26.7 Å². The van der Waals surface area contributed by atoms with Crippen LogP contribution < -0.4 is 15.4 Å². The van der Waals surface area contributed by atoms with Gasteiger partial charge in [0.2, 0.25) is 5.88 Å². The zero-order valence-electron chi connectivity index (χ0n) is 21.1. The molecule has 1 amide bonds. The van der Waals surface area contributed by atoms with Crippen LogP contribution in [0.25, 0.3) is 0 Å². The van der Waals surface area contributed by atoms with Crippen LogP contribution in [0.5, 0.6) is 5.88 Å². The van der Waals surface area contributed by atoms with Gasteiger partial charge < -0.3 is 15.4 Å². The Balaban J connectivity index is 1.35. The van der Waals surface area contributed by atoms with E-state index in [1.807, 2.05) is 6.92 Å². The summed E-state index contributed by atoms with van der Waals surface area (Å²) in [6, 6.07) is 2.99. The van der Waals surface area contributed by atoms with Gasteiger partial charge in [-0.1, -0.05) is 6.92 Å². The summed E-state index contributed by atoms with van der Waals surface area (Å²) in [5.74, 6) is -4.16. The SMILES string of the molecule is CCCN1CCC(COc2ccc(NC(=O)c3c(C)nsc3Nc3cnc(C(F)(F)F)cn3)cn2)C(F)(F)C1. The highest BCUT2D eigenvalue weighted by Crippen LogP contribution is 2.34. The Morgan fingerprint density at radius 2 is 2.00 bits per heavy atom. The molecule has 1 aliphatic heterocycles. The van der Waals surface area contributed by atoms with Crippen LogP contribution in [0.1, 0.15) is 41.5 Å². The predicted octanol–water partition coefficient (Wildman–Crippen LogP) is 5.40. The highest BCUT2D eigenvalue weighted by molar-refractivity contribution is 7.10. The zero-order valence-corrected chi connectivity index (χ0v) is 21.9. The molecule has 0 aromatic carbocycles. The van der Waals surface area contributed by atoms with E-state index >= 15 is 0 Å². The quantitative estimate of drug-likeness (QED) is 0.329. The van der Waals surface area contributed by atoms with Crippen LogP contribution in [-0.4, -0.2) is 62.3 Å². The molecule has 3 aromatic heterocycles. The van der Waals surface area contributed by atoms with Crippen molar-refractivity contribution in [1.82, 2.24) is 24.2 Å². The molecular formula is C24H26F5N7O2S. The first kappa shape index (κ1) is 28.5. The van der Waals surface area contributed by atoms with Crippen LogP contribution >= 0.6 is 11.5 Å². The maximum Gasteiger partial charge on any atom is 0.434 e. The van der Waals surface area contributed by atoms with Gasteiger partial charge in [0.25, 0.3) is 11.8 Å². The number of carbonyl (C=O) groups excluding carboxylic acids is 1. The Labute approximate surface area is 225 Å². The van der Waals surface area contributed by atoms with Gasteiger partial charge in [-0.25, -0.2) is 23.7 Å². The molecule has 0 radical (unpaired) electrons. The number of aryl methyl sites for hydroxylation is 1. The summed E-state index contributed by atoms with van der Waals surface area (Å²) in [4.78, 5) is 25.8. The van der Waals surface area contributed by atoms with Gasteiger partial charge in [0.15, 0.2) is 5.69 Å². The number of piperidine rings is 1. The van der Waals surface area contributed by atoms with Gasteiger partial charge in [0.1, 0.15) is 10.8 Å². The van der Waals surface area contributed by atoms with Crippen LogP contribution in [-0.2, 0) is 6.18 Å². The highest BCUT2D eigenvalue weighted by Gasteiger charge is 2.44. The Hall–Kier alpha value is -3.46. The third kappa shape index (κ3) is 7.15. The molecule has 1 unspecified atom stereocenters. The number of nitrogens with one attached hydrogen (secondary N) is 2. The maximum atomic E-state index is 14.5. The summed E-state index contributed by atoms with van der Waals surface area (Å²) in [6.07, 6.45) is -0.654. The number of hydrogen-bond donors (Lipinski definition) is 2. The molecule has 0 saturated carbocycles. The van der Waals surface area contributed by atoms with Gasteiger partial charge >= 0.3 is 6.18 Å². The van der Waals surface area contributed by atoms with Crippen LogP contribution in [0.3, 0.4) is 0 Å². The number of hydrogen-bond acceptors (Lipinski definition) is 9. The van der Waals surface area contributed by atoms with Gasteiger partial charge in [-0.2, -0.15) is 17.5 Å². The molecule has 0 bridgehead atoms. The fourth-order valence-electron chi connectivity index (χ4n) is 4.07. The summed E-state index contributed by atoms with van der Waals surface area (Å²) in [7, 11) is 0. The van der Waals surface area contributed by atoms with Gasteiger partial charge in [0, 0.05) is 6.07 Å². The third-order valence-corrected chi connectivity index (χ3v) is 6.92. The van der Waals surface area contributed by atoms with Crippen molar-refractivity contribution in [2.45, 2.75) is 38.8 Å². The number of aromatic nitrogens is 4. The van der Waals surface area contributed by atoms with E-state index in [0.29, 0.717) is 37.1 Å². The van der Waals surface area contributed by atoms with Crippen molar-refractivity contribution in [3.05, 3.63) is 47.7 Å². The first-order chi connectivity index (χ1) is 18.5. The number of pyridine rings is 1. The number of amides is 1. The molecule has 2 N–H and O–H groups in total. The molecule has 9 nitrogen and oxygen atoms in total. The lowest BCUT2D eigenvalue weighted by molar-refractivity contribution is -0.141. The standard InChI is InChI=1S/C24H26F5N7O2S/c1-3-7-36-8-6-15(23(25,26)13-36)12-38-19-5-4-16(9-32-19)33-21(37)20-14(2)35-39-22(20)34-18-11-30-17(10-31-18)24(27,28)29/h4-5,9-11,15H,3,6-8,12-13H2,1-2H3,(H,31,34)(H,33,37). The summed E-state index contributed by atoms with van der Waals surface area (Å²) >= 11 is 0.933. The van der Waals surface area contributed by atoms with E-state index in [0.717, 1.165) is 24.2 Å². The summed E-state index contributed by atoms with van der Waals surface area (Å²) < 4.78 is 76.8. The topological polar surface area (TPSA) is 105 Å². The minimum atomic E-state index is -4.62. The maximum absolute atomic E-state index is 14.5. The fourth-order valence-corrected chi connectivity index (χ4v) is 4.87. The lowest BCUT2D eigenvalue weighted by Gasteiger charge is -2.37. The second-order valence-corrected chi connectivity index (χ2v) is 9.83. The summed E-state index contributed by atoms with van der Waals surface area (Å²) in [5.41, 5.74) is -0.272. The average molecular weight is 572 g/mol. The predicted molar refractivity (Wildman–Crippen MR) is 135 cm³/mol. The molecule has 39 heavy (non-hydrogen) atoms. The van der Waals surface area contributed by atoms with Gasteiger partial charge in [-0.3, -0.25) is 9.69 Å². The Kier molecular flexibility index (Phi) is 8.59. The molecule has 1 fully saturated rings. The third-order valence-electron chi connectivity index (χ3n) is 6.07. The van der Waals surface area contributed by atoms with Crippen LogP contribution in [0.15, 0.2) is 30.7 Å². The molecule has 15 heteroatoms. The van der Waals surface area contributed by atoms with E-state index in [1.165, 1.54) is 18.3 Å². The number of rotatable bonds is 9. The van der Waals surface area contributed by atoms with Gasteiger partial charge in [-0.15, -0.1) is 0 Å². The molecule has 3 aromatic rings. The molecule has 1 aliphatic rings. The van der Waals surface area contributed by atoms with Crippen LogP contribution in [0.4, 0.5) is 38.5 Å². The lowest BCUT2D eigenvalue weighted by Crippen LogP contribution is -2.50. The number of anilines is 3. The van der Waals surface area contributed by atoms with Gasteiger partial charge in [-0.05, 0) is 50.5 Å². The Morgan fingerprint density at radius 3 is 2.62 bits per heavy atom. The number of alkyl halides is 5. The zero-order chi connectivity index (χ0) is 28.2. The van der Waals surface area contributed by atoms with Crippen molar-refractivity contribution >= 4 is 33.9 Å². The Morgan fingerprint density at radius 1 is 1.21 bits per heavy atom. The monoisotopic (exact) mass is 571 g/mol. The second-order valence-electron chi connectivity index (χ2n) is 9.05. The molecule has 0 spiro atoms. The normalized spacial score (nSPS) is 17.6. The molecule has 210 valence electrons. The smallest absolute Gasteiger partial charge is 0.434 e. The molecule has 4 heterocycles. The summed E-state index contributed by atoms with van der Waals surface area (Å²) in [6.45, 7) is 4.33. The first-order valence-corrected chi connectivity index (χ1v) is 12.9. The van der Waals surface area contributed by atoms with E-state index in [4.69, 9.17) is 4.74 Å². The lowest BCUT2D eigenvalue weighted by atomic mass is 9.93.